The molecule has 2 fully saturated rings. The van der Waals surface area contributed by atoms with E-state index in [1.807, 2.05) is 0 Å². The fourth-order valence-electron chi connectivity index (χ4n) is 4.31. The van der Waals surface area contributed by atoms with Gasteiger partial charge in [0, 0.05) is 38.5 Å². The predicted octanol–water partition coefficient (Wildman–Crippen LogP) is 0.587. The molecule has 0 aliphatic carbocycles. The quantitative estimate of drug-likeness (QED) is 0.735. The van der Waals surface area contributed by atoms with Crippen LogP contribution >= 0.6 is 0 Å². The number of fused-ring (bicyclic) bond motifs is 1. The minimum absolute atomic E-state index is 0.0428. The summed E-state index contributed by atoms with van der Waals surface area (Å²) >= 11 is 0. The van der Waals surface area contributed by atoms with Crippen LogP contribution < -0.4 is 10.1 Å². The highest BCUT2D eigenvalue weighted by Gasteiger charge is 2.43. The number of ether oxygens (including phenoxy) is 1. The summed E-state index contributed by atoms with van der Waals surface area (Å²) in [6, 6.07) is 6.28. The summed E-state index contributed by atoms with van der Waals surface area (Å²) in [4.78, 5) is 26.0. The van der Waals surface area contributed by atoms with Crippen molar-refractivity contribution in [2.24, 2.45) is 5.41 Å². The summed E-state index contributed by atoms with van der Waals surface area (Å²) in [7, 11) is -2.02. The number of amides is 2. The zero-order chi connectivity index (χ0) is 19.9. The van der Waals surface area contributed by atoms with Gasteiger partial charge in [-0.2, -0.15) is 0 Å². The van der Waals surface area contributed by atoms with E-state index in [9.17, 15) is 18.0 Å². The Bertz CT molecular complexity index is 893. The third-order valence-electron chi connectivity index (χ3n) is 6.06. The second kappa shape index (κ2) is 7.04. The molecular weight excluding hydrogens is 382 g/mol. The Labute approximate surface area is 164 Å². The molecule has 8 nitrogen and oxygen atoms in total. The second-order valence-corrected chi connectivity index (χ2v) is 9.99. The van der Waals surface area contributed by atoms with Gasteiger partial charge in [0.2, 0.25) is 21.8 Å². The standard InChI is InChI=1S/C19H25N3O5S/c1-21-12-19(13-27-15-4-2-3-5-16(15)28(21,25)26)8-10-22(11-9-19)18(24)14-6-7-17(23)20-14/h2-5,14H,6-13H2,1H3,(H,20,23)/t14-/m0/s1. The van der Waals surface area contributed by atoms with E-state index in [0.717, 1.165) is 0 Å². The third-order valence-corrected chi connectivity index (χ3v) is 7.90. The number of sulfonamides is 1. The molecule has 152 valence electrons. The molecule has 9 heteroatoms. The molecule has 3 aliphatic heterocycles. The van der Waals surface area contributed by atoms with E-state index in [1.165, 1.54) is 4.31 Å². The average Bonchev–Trinajstić information content (AvgIpc) is 3.12. The Kier molecular flexibility index (Phi) is 4.83. The van der Waals surface area contributed by atoms with Crippen LogP contribution in [0.1, 0.15) is 25.7 Å². The molecule has 1 aromatic carbocycles. The number of para-hydroxylation sites is 1. The first kappa shape index (κ1) is 19.2. The molecule has 4 rings (SSSR count). The maximum Gasteiger partial charge on any atom is 0.246 e. The van der Waals surface area contributed by atoms with Crippen LogP contribution in [0, 0.1) is 5.41 Å². The molecule has 1 aromatic rings. The summed E-state index contributed by atoms with van der Waals surface area (Å²) in [6.45, 7) is 1.83. The molecule has 2 saturated heterocycles. The molecule has 0 unspecified atom stereocenters. The van der Waals surface area contributed by atoms with Crippen molar-refractivity contribution in [3.05, 3.63) is 24.3 Å². The first-order chi connectivity index (χ1) is 13.3. The minimum atomic E-state index is -3.62. The van der Waals surface area contributed by atoms with Gasteiger partial charge in [0.1, 0.15) is 16.7 Å². The maximum absolute atomic E-state index is 12.9. The number of hydrogen-bond acceptors (Lipinski definition) is 5. The van der Waals surface area contributed by atoms with E-state index in [0.29, 0.717) is 57.7 Å². The lowest BCUT2D eigenvalue weighted by atomic mass is 9.78. The van der Waals surface area contributed by atoms with E-state index >= 15 is 0 Å². The van der Waals surface area contributed by atoms with Gasteiger partial charge in [-0.05, 0) is 31.4 Å². The smallest absolute Gasteiger partial charge is 0.246 e. The zero-order valence-corrected chi connectivity index (χ0v) is 16.7. The van der Waals surface area contributed by atoms with Gasteiger partial charge in [-0.3, -0.25) is 9.59 Å². The second-order valence-electron chi connectivity index (χ2n) is 7.98. The van der Waals surface area contributed by atoms with Crippen molar-refractivity contribution in [3.63, 3.8) is 0 Å². The molecule has 0 aromatic heterocycles. The zero-order valence-electron chi connectivity index (χ0n) is 15.9. The number of carbonyl (C=O) groups excluding carboxylic acids is 2. The van der Waals surface area contributed by atoms with Crippen LogP contribution in [-0.2, 0) is 19.6 Å². The molecule has 1 spiro atoms. The van der Waals surface area contributed by atoms with Crippen LogP contribution in [0.25, 0.3) is 0 Å². The van der Waals surface area contributed by atoms with Crippen LogP contribution in [0.5, 0.6) is 5.75 Å². The average molecular weight is 407 g/mol. The van der Waals surface area contributed by atoms with Gasteiger partial charge >= 0.3 is 0 Å². The minimum Gasteiger partial charge on any atom is -0.492 e. The Morgan fingerprint density at radius 2 is 1.96 bits per heavy atom. The molecule has 3 heterocycles. The fraction of sp³-hybridized carbons (Fsp3) is 0.579. The lowest BCUT2D eigenvalue weighted by Crippen LogP contribution is -2.54. The van der Waals surface area contributed by atoms with Crippen LogP contribution in [0.15, 0.2) is 29.2 Å². The lowest BCUT2D eigenvalue weighted by Gasteiger charge is -2.44. The summed E-state index contributed by atoms with van der Waals surface area (Å²) in [5.41, 5.74) is -0.342. The Hall–Kier alpha value is -2.13. The molecule has 0 bridgehead atoms. The molecule has 1 atom stereocenters. The van der Waals surface area contributed by atoms with Crippen molar-refractivity contribution >= 4 is 21.8 Å². The summed E-state index contributed by atoms with van der Waals surface area (Å²) in [5, 5.41) is 2.73. The highest BCUT2D eigenvalue weighted by molar-refractivity contribution is 7.89. The van der Waals surface area contributed by atoms with E-state index < -0.39 is 16.1 Å². The van der Waals surface area contributed by atoms with Crippen molar-refractivity contribution in [2.45, 2.75) is 36.6 Å². The highest BCUT2D eigenvalue weighted by atomic mass is 32.2. The van der Waals surface area contributed by atoms with Gasteiger partial charge in [-0.15, -0.1) is 0 Å². The molecule has 3 aliphatic rings. The van der Waals surface area contributed by atoms with Gasteiger partial charge in [0.05, 0.1) is 6.61 Å². The fourth-order valence-corrected chi connectivity index (χ4v) is 5.72. The maximum atomic E-state index is 12.9. The SMILES string of the molecule is CN1CC2(CCN(C(=O)[C@@H]3CCC(=O)N3)CC2)COc2ccccc2S1(=O)=O. The number of nitrogens with zero attached hydrogens (tertiary/aromatic N) is 2. The van der Waals surface area contributed by atoms with Crippen LogP contribution in [0.2, 0.25) is 0 Å². The molecule has 28 heavy (non-hydrogen) atoms. The van der Waals surface area contributed by atoms with E-state index in [-0.39, 0.29) is 22.1 Å². The molecular formula is C19H25N3O5S. The van der Waals surface area contributed by atoms with Gasteiger partial charge in [0.25, 0.3) is 0 Å². The van der Waals surface area contributed by atoms with Crippen LogP contribution in [0.3, 0.4) is 0 Å². The van der Waals surface area contributed by atoms with E-state index in [4.69, 9.17) is 4.74 Å². The number of benzene rings is 1. The molecule has 1 N–H and O–H groups in total. The van der Waals surface area contributed by atoms with Gasteiger partial charge in [-0.25, -0.2) is 12.7 Å². The van der Waals surface area contributed by atoms with Gasteiger partial charge in [0.15, 0.2) is 0 Å². The van der Waals surface area contributed by atoms with Crippen molar-refractivity contribution in [1.82, 2.24) is 14.5 Å². The lowest BCUT2D eigenvalue weighted by molar-refractivity contribution is -0.137. The molecule has 0 radical (unpaired) electrons. The number of piperidine rings is 1. The summed E-state index contributed by atoms with van der Waals surface area (Å²) < 4.78 is 33.2. The number of likely N-dealkylation sites (tertiary alicyclic amines) is 1. The first-order valence-corrected chi connectivity index (χ1v) is 11.0. The summed E-state index contributed by atoms with van der Waals surface area (Å²) in [6.07, 6.45) is 2.24. The Morgan fingerprint density at radius 1 is 1.25 bits per heavy atom. The summed E-state index contributed by atoms with van der Waals surface area (Å²) in [5.74, 6) is 0.255. The van der Waals surface area contributed by atoms with Crippen molar-refractivity contribution in [1.29, 1.82) is 0 Å². The van der Waals surface area contributed by atoms with E-state index in [1.54, 1.807) is 36.2 Å². The topological polar surface area (TPSA) is 96.0 Å². The van der Waals surface area contributed by atoms with E-state index in [2.05, 4.69) is 5.32 Å². The number of rotatable bonds is 1. The largest absolute Gasteiger partial charge is 0.492 e. The predicted molar refractivity (Wildman–Crippen MR) is 101 cm³/mol. The highest BCUT2D eigenvalue weighted by Crippen LogP contribution is 2.38. The van der Waals surface area contributed by atoms with Crippen LogP contribution in [0.4, 0.5) is 0 Å². The molecule has 2 amide bonds. The normalized spacial score (nSPS) is 26.7. The third kappa shape index (κ3) is 3.37. The number of hydrogen-bond donors (Lipinski definition) is 1. The van der Waals surface area contributed by atoms with Crippen molar-refractivity contribution < 1.29 is 22.7 Å². The number of carbonyl (C=O) groups is 2. The van der Waals surface area contributed by atoms with Crippen molar-refractivity contribution in [3.8, 4) is 5.75 Å². The first-order valence-electron chi connectivity index (χ1n) is 9.57. The van der Waals surface area contributed by atoms with Gasteiger partial charge in [-0.1, -0.05) is 12.1 Å². The Balaban J connectivity index is 1.50. The Morgan fingerprint density at radius 3 is 2.64 bits per heavy atom. The van der Waals surface area contributed by atoms with Crippen LogP contribution in [-0.4, -0.2) is 68.8 Å². The monoisotopic (exact) mass is 407 g/mol. The number of nitrogens with one attached hydrogen (secondary N) is 1. The van der Waals surface area contributed by atoms with Crippen molar-refractivity contribution in [2.75, 3.05) is 33.3 Å². The van der Waals surface area contributed by atoms with Gasteiger partial charge < -0.3 is 15.0 Å². The molecule has 0 saturated carbocycles.